The molecule has 8 heteroatoms. The average molecular weight is 345 g/mol. The standard InChI is InChI=1S/C17H23N5O3/c1-5-13-15(12(3)25-20-13)16(23)21-6-8-22(9-7-21)17-18-11(2)10-14(19-17)24-4/h10H,5-9H2,1-4H3. The van der Waals surface area contributed by atoms with Crippen molar-refractivity contribution in [1.29, 1.82) is 0 Å². The number of hydrogen-bond donors (Lipinski definition) is 0. The summed E-state index contributed by atoms with van der Waals surface area (Å²) in [5, 5.41) is 3.97. The first kappa shape index (κ1) is 17.2. The summed E-state index contributed by atoms with van der Waals surface area (Å²) >= 11 is 0. The summed E-state index contributed by atoms with van der Waals surface area (Å²) < 4.78 is 10.4. The van der Waals surface area contributed by atoms with Crippen LogP contribution in [0.5, 0.6) is 5.88 Å². The lowest BCUT2D eigenvalue weighted by Crippen LogP contribution is -2.49. The quantitative estimate of drug-likeness (QED) is 0.832. The van der Waals surface area contributed by atoms with Crippen molar-refractivity contribution in [2.24, 2.45) is 0 Å². The Bertz CT molecular complexity index is 766. The Balaban J connectivity index is 1.70. The summed E-state index contributed by atoms with van der Waals surface area (Å²) in [6.07, 6.45) is 0.676. The van der Waals surface area contributed by atoms with Crippen molar-refractivity contribution in [2.75, 3.05) is 38.2 Å². The predicted molar refractivity (Wildman–Crippen MR) is 92.1 cm³/mol. The van der Waals surface area contributed by atoms with Crippen LogP contribution in [0.3, 0.4) is 0 Å². The number of carbonyl (C=O) groups is 1. The largest absolute Gasteiger partial charge is 0.481 e. The van der Waals surface area contributed by atoms with Crippen molar-refractivity contribution in [1.82, 2.24) is 20.0 Å². The third-order valence-electron chi connectivity index (χ3n) is 4.36. The molecule has 2 aromatic heterocycles. The number of aromatic nitrogens is 3. The zero-order chi connectivity index (χ0) is 18.0. The van der Waals surface area contributed by atoms with Crippen LogP contribution >= 0.6 is 0 Å². The molecule has 1 aliphatic heterocycles. The van der Waals surface area contributed by atoms with Crippen LogP contribution < -0.4 is 9.64 Å². The molecule has 25 heavy (non-hydrogen) atoms. The molecule has 8 nitrogen and oxygen atoms in total. The summed E-state index contributed by atoms with van der Waals surface area (Å²) in [4.78, 5) is 25.6. The van der Waals surface area contributed by atoms with Crippen LogP contribution in [0.4, 0.5) is 5.95 Å². The van der Waals surface area contributed by atoms with Gasteiger partial charge in [0.05, 0.1) is 12.8 Å². The molecule has 0 spiro atoms. The van der Waals surface area contributed by atoms with Crippen molar-refractivity contribution in [2.45, 2.75) is 27.2 Å². The maximum atomic E-state index is 12.8. The van der Waals surface area contributed by atoms with Crippen LogP contribution in [0.1, 0.15) is 34.4 Å². The second-order valence-corrected chi connectivity index (χ2v) is 6.04. The van der Waals surface area contributed by atoms with Gasteiger partial charge >= 0.3 is 0 Å². The monoisotopic (exact) mass is 345 g/mol. The molecular formula is C17H23N5O3. The van der Waals surface area contributed by atoms with Gasteiger partial charge in [-0.2, -0.15) is 4.98 Å². The van der Waals surface area contributed by atoms with E-state index in [1.807, 2.05) is 18.7 Å². The molecule has 2 aromatic rings. The van der Waals surface area contributed by atoms with Crippen molar-refractivity contribution in [3.63, 3.8) is 0 Å². The van der Waals surface area contributed by atoms with Gasteiger partial charge in [-0.1, -0.05) is 12.1 Å². The van der Waals surface area contributed by atoms with E-state index in [4.69, 9.17) is 9.26 Å². The number of piperazine rings is 1. The van der Waals surface area contributed by atoms with E-state index in [9.17, 15) is 4.79 Å². The molecule has 1 fully saturated rings. The minimum Gasteiger partial charge on any atom is -0.481 e. The number of methoxy groups -OCH3 is 1. The first-order valence-electron chi connectivity index (χ1n) is 8.42. The summed E-state index contributed by atoms with van der Waals surface area (Å²) in [5.74, 6) is 1.75. The normalized spacial score (nSPS) is 14.7. The zero-order valence-electron chi connectivity index (χ0n) is 15.1. The van der Waals surface area contributed by atoms with Crippen LogP contribution in [0, 0.1) is 13.8 Å². The topological polar surface area (TPSA) is 84.6 Å². The van der Waals surface area contributed by atoms with Crippen molar-refractivity contribution in [3.05, 3.63) is 28.8 Å². The van der Waals surface area contributed by atoms with Gasteiger partial charge in [0.15, 0.2) is 0 Å². The van der Waals surface area contributed by atoms with Crippen molar-refractivity contribution in [3.8, 4) is 5.88 Å². The van der Waals surface area contributed by atoms with Crippen molar-refractivity contribution < 1.29 is 14.1 Å². The van der Waals surface area contributed by atoms with E-state index in [1.165, 1.54) is 0 Å². The smallest absolute Gasteiger partial charge is 0.259 e. The Morgan fingerprint density at radius 1 is 1.24 bits per heavy atom. The molecule has 1 aliphatic rings. The van der Waals surface area contributed by atoms with E-state index in [1.54, 1.807) is 20.1 Å². The molecule has 0 bridgehead atoms. The molecule has 0 unspecified atom stereocenters. The Morgan fingerprint density at radius 2 is 1.96 bits per heavy atom. The second-order valence-electron chi connectivity index (χ2n) is 6.04. The van der Waals surface area contributed by atoms with E-state index in [-0.39, 0.29) is 5.91 Å². The highest BCUT2D eigenvalue weighted by Gasteiger charge is 2.28. The average Bonchev–Trinajstić information content (AvgIpc) is 3.01. The van der Waals surface area contributed by atoms with Crippen LogP contribution in [-0.4, -0.2) is 59.2 Å². The van der Waals surface area contributed by atoms with E-state index in [2.05, 4.69) is 20.0 Å². The number of rotatable bonds is 4. The first-order chi connectivity index (χ1) is 12.0. The summed E-state index contributed by atoms with van der Waals surface area (Å²) in [6.45, 7) is 8.21. The lowest BCUT2D eigenvalue weighted by molar-refractivity contribution is 0.0743. The molecule has 0 saturated carbocycles. The molecule has 1 amide bonds. The first-order valence-corrected chi connectivity index (χ1v) is 8.42. The number of amides is 1. The molecule has 0 radical (unpaired) electrons. The van der Waals surface area contributed by atoms with Gasteiger partial charge in [0, 0.05) is 37.9 Å². The Labute approximate surface area is 146 Å². The molecule has 3 heterocycles. The number of aryl methyl sites for hydroxylation is 3. The van der Waals surface area contributed by atoms with Crippen LogP contribution in [0.15, 0.2) is 10.6 Å². The third-order valence-corrected chi connectivity index (χ3v) is 4.36. The fourth-order valence-electron chi connectivity index (χ4n) is 2.97. The summed E-state index contributed by atoms with van der Waals surface area (Å²) in [5.41, 5.74) is 2.18. The van der Waals surface area contributed by atoms with E-state index in [0.29, 0.717) is 55.8 Å². The fraction of sp³-hybridized carbons (Fsp3) is 0.529. The lowest BCUT2D eigenvalue weighted by atomic mass is 10.1. The molecule has 1 saturated heterocycles. The Hall–Kier alpha value is -2.64. The van der Waals surface area contributed by atoms with Crippen molar-refractivity contribution >= 4 is 11.9 Å². The van der Waals surface area contributed by atoms with Gasteiger partial charge in [0.2, 0.25) is 11.8 Å². The number of carbonyl (C=O) groups excluding carboxylic acids is 1. The SMILES string of the molecule is CCc1noc(C)c1C(=O)N1CCN(c2nc(C)cc(OC)n2)CC1. The Kier molecular flexibility index (Phi) is 4.87. The number of ether oxygens (including phenoxy) is 1. The van der Waals surface area contributed by atoms with Gasteiger partial charge in [-0.3, -0.25) is 4.79 Å². The van der Waals surface area contributed by atoms with Gasteiger partial charge < -0.3 is 19.1 Å². The molecule has 0 N–H and O–H groups in total. The van der Waals surface area contributed by atoms with Gasteiger partial charge in [-0.25, -0.2) is 4.98 Å². The summed E-state index contributed by atoms with van der Waals surface area (Å²) in [6, 6.07) is 1.80. The highest BCUT2D eigenvalue weighted by molar-refractivity contribution is 5.96. The molecule has 0 aliphatic carbocycles. The van der Waals surface area contributed by atoms with E-state index >= 15 is 0 Å². The zero-order valence-corrected chi connectivity index (χ0v) is 15.1. The van der Waals surface area contributed by atoms with Gasteiger partial charge in [0.1, 0.15) is 11.3 Å². The highest BCUT2D eigenvalue weighted by Crippen LogP contribution is 2.20. The van der Waals surface area contributed by atoms with Gasteiger partial charge in [-0.05, 0) is 20.3 Å². The molecule has 0 aromatic carbocycles. The fourth-order valence-corrected chi connectivity index (χ4v) is 2.97. The molecule has 134 valence electrons. The Morgan fingerprint density at radius 3 is 2.60 bits per heavy atom. The van der Waals surface area contributed by atoms with Crippen LogP contribution in [-0.2, 0) is 6.42 Å². The number of anilines is 1. The second kappa shape index (κ2) is 7.08. The maximum Gasteiger partial charge on any atom is 0.259 e. The minimum absolute atomic E-state index is 0.0157. The van der Waals surface area contributed by atoms with Gasteiger partial charge in [-0.15, -0.1) is 0 Å². The van der Waals surface area contributed by atoms with Crippen LogP contribution in [0.2, 0.25) is 0 Å². The predicted octanol–water partition coefficient (Wildman–Crippen LogP) is 1.61. The molecule has 3 rings (SSSR count). The molecule has 0 atom stereocenters. The minimum atomic E-state index is -0.0157. The number of hydrogen-bond acceptors (Lipinski definition) is 7. The van der Waals surface area contributed by atoms with E-state index in [0.717, 1.165) is 11.4 Å². The van der Waals surface area contributed by atoms with Crippen LogP contribution in [0.25, 0.3) is 0 Å². The third kappa shape index (κ3) is 3.42. The number of nitrogens with zero attached hydrogens (tertiary/aromatic N) is 5. The van der Waals surface area contributed by atoms with E-state index < -0.39 is 0 Å². The summed E-state index contributed by atoms with van der Waals surface area (Å²) in [7, 11) is 1.59. The molecular weight excluding hydrogens is 322 g/mol. The highest BCUT2D eigenvalue weighted by atomic mass is 16.5. The maximum absolute atomic E-state index is 12.8. The lowest BCUT2D eigenvalue weighted by Gasteiger charge is -2.34. The van der Waals surface area contributed by atoms with Gasteiger partial charge in [0.25, 0.3) is 5.91 Å².